The van der Waals surface area contributed by atoms with Crippen molar-refractivity contribution in [2.75, 3.05) is 11.1 Å². The van der Waals surface area contributed by atoms with Gasteiger partial charge in [0, 0.05) is 23.1 Å². The summed E-state index contributed by atoms with van der Waals surface area (Å²) >= 11 is 2.34. The normalized spacial score (nSPS) is 11.2. The molecule has 0 aliphatic rings. The Bertz CT molecular complexity index is 814. The standard InChI is InChI=1S/C15H16N4O4S2/c1-15(2,3)12(21)16-13-17-18-14(25-13)24-8-11(20)9-5-4-6-10(7-9)19(22)23/h4-7H,8H2,1-3H3,(H,16,17,21). The fourth-order valence-corrected chi connectivity index (χ4v) is 3.25. The summed E-state index contributed by atoms with van der Waals surface area (Å²) in [5.41, 5.74) is -0.400. The number of nitrogens with zero attached hydrogens (tertiary/aromatic N) is 3. The van der Waals surface area contributed by atoms with Crippen LogP contribution in [0.1, 0.15) is 31.1 Å². The molecule has 25 heavy (non-hydrogen) atoms. The number of non-ortho nitro benzene ring substituents is 1. The highest BCUT2D eigenvalue weighted by Crippen LogP contribution is 2.27. The summed E-state index contributed by atoms with van der Waals surface area (Å²) in [6.45, 7) is 5.37. The molecule has 1 aromatic heterocycles. The lowest BCUT2D eigenvalue weighted by Gasteiger charge is -2.15. The summed E-state index contributed by atoms with van der Waals surface area (Å²) in [6.07, 6.45) is 0. The number of aromatic nitrogens is 2. The van der Waals surface area contributed by atoms with E-state index in [0.29, 0.717) is 9.47 Å². The maximum Gasteiger partial charge on any atom is 0.270 e. The van der Waals surface area contributed by atoms with Crippen LogP contribution in [0.2, 0.25) is 0 Å². The quantitative estimate of drug-likeness (QED) is 0.268. The van der Waals surface area contributed by atoms with Crippen molar-refractivity contribution in [3.63, 3.8) is 0 Å². The molecule has 0 saturated heterocycles. The minimum atomic E-state index is -0.545. The summed E-state index contributed by atoms with van der Waals surface area (Å²) in [6, 6.07) is 5.59. The molecule has 0 atom stereocenters. The van der Waals surface area contributed by atoms with Crippen LogP contribution in [-0.2, 0) is 4.79 Å². The molecule has 10 heteroatoms. The van der Waals surface area contributed by atoms with Crippen molar-refractivity contribution in [2.24, 2.45) is 5.41 Å². The third-order valence-electron chi connectivity index (χ3n) is 3.01. The van der Waals surface area contributed by atoms with E-state index < -0.39 is 10.3 Å². The highest BCUT2D eigenvalue weighted by atomic mass is 32.2. The maximum atomic E-state index is 12.2. The van der Waals surface area contributed by atoms with Gasteiger partial charge < -0.3 is 5.32 Å². The lowest BCUT2D eigenvalue weighted by atomic mass is 9.96. The van der Waals surface area contributed by atoms with E-state index in [2.05, 4.69) is 15.5 Å². The third-order valence-corrected chi connectivity index (χ3v) is 4.99. The van der Waals surface area contributed by atoms with Gasteiger partial charge in [-0.25, -0.2) is 0 Å². The fourth-order valence-electron chi connectivity index (χ4n) is 1.61. The number of thioether (sulfide) groups is 1. The van der Waals surface area contributed by atoms with Crippen LogP contribution in [0.15, 0.2) is 28.6 Å². The Balaban J connectivity index is 1.96. The number of benzene rings is 1. The smallest absolute Gasteiger partial charge is 0.270 e. The number of amides is 1. The van der Waals surface area contributed by atoms with Crippen molar-refractivity contribution in [3.8, 4) is 0 Å². The molecule has 2 aromatic rings. The highest BCUT2D eigenvalue weighted by molar-refractivity contribution is 8.01. The van der Waals surface area contributed by atoms with Crippen molar-refractivity contribution in [2.45, 2.75) is 25.1 Å². The molecule has 0 saturated carbocycles. The molecule has 0 spiro atoms. The van der Waals surface area contributed by atoms with E-state index in [-0.39, 0.29) is 28.7 Å². The van der Waals surface area contributed by atoms with Crippen molar-refractivity contribution < 1.29 is 14.5 Å². The van der Waals surface area contributed by atoms with Gasteiger partial charge in [-0.15, -0.1) is 10.2 Å². The number of rotatable bonds is 6. The molecule has 132 valence electrons. The molecule has 0 radical (unpaired) electrons. The second-order valence-electron chi connectivity index (χ2n) is 6.10. The topological polar surface area (TPSA) is 115 Å². The molecule has 1 heterocycles. The number of carbonyl (C=O) groups excluding carboxylic acids is 2. The summed E-state index contributed by atoms with van der Waals surface area (Å²) in [5.74, 6) is -0.347. The van der Waals surface area contributed by atoms with Gasteiger partial charge in [-0.05, 0) is 0 Å². The van der Waals surface area contributed by atoms with Crippen LogP contribution in [0, 0.1) is 15.5 Å². The van der Waals surface area contributed by atoms with E-state index in [0.717, 1.165) is 0 Å². The van der Waals surface area contributed by atoms with E-state index in [4.69, 9.17) is 0 Å². The second-order valence-corrected chi connectivity index (χ2v) is 8.30. The Morgan fingerprint density at radius 2 is 2.04 bits per heavy atom. The van der Waals surface area contributed by atoms with Crippen LogP contribution < -0.4 is 5.32 Å². The lowest BCUT2D eigenvalue weighted by molar-refractivity contribution is -0.384. The van der Waals surface area contributed by atoms with Gasteiger partial charge in [-0.2, -0.15) is 0 Å². The molecular weight excluding hydrogens is 364 g/mol. The minimum Gasteiger partial charge on any atom is -0.300 e. The zero-order valence-corrected chi connectivity index (χ0v) is 15.4. The lowest BCUT2D eigenvalue weighted by Crippen LogP contribution is -2.27. The van der Waals surface area contributed by atoms with Crippen LogP contribution in [0.3, 0.4) is 0 Å². The Labute approximate surface area is 152 Å². The zero-order chi connectivity index (χ0) is 18.6. The van der Waals surface area contributed by atoms with Crippen LogP contribution in [0.25, 0.3) is 0 Å². The number of ketones is 1. The third kappa shape index (κ3) is 5.33. The molecule has 0 fully saturated rings. The highest BCUT2D eigenvalue weighted by Gasteiger charge is 2.22. The molecule has 1 amide bonds. The van der Waals surface area contributed by atoms with E-state index in [1.165, 1.54) is 47.4 Å². The number of Topliss-reactive ketones (excluding diaryl/α,β-unsaturated/α-hetero) is 1. The van der Waals surface area contributed by atoms with E-state index in [1.54, 1.807) is 20.8 Å². The summed E-state index contributed by atoms with van der Waals surface area (Å²) in [7, 11) is 0. The SMILES string of the molecule is CC(C)(C)C(=O)Nc1nnc(SCC(=O)c2cccc([N+](=O)[O-])c2)s1. The second kappa shape index (κ2) is 7.70. The van der Waals surface area contributed by atoms with Gasteiger partial charge in [-0.1, -0.05) is 56.0 Å². The van der Waals surface area contributed by atoms with Gasteiger partial charge >= 0.3 is 0 Å². The summed E-state index contributed by atoms with van der Waals surface area (Å²) in [4.78, 5) is 34.3. The first-order chi connectivity index (χ1) is 11.7. The van der Waals surface area contributed by atoms with Crippen LogP contribution in [-0.4, -0.2) is 32.6 Å². The Hall–Kier alpha value is -2.33. The van der Waals surface area contributed by atoms with Gasteiger partial charge in [0.05, 0.1) is 10.7 Å². The number of hydrogen-bond donors (Lipinski definition) is 1. The van der Waals surface area contributed by atoms with E-state index >= 15 is 0 Å². The summed E-state index contributed by atoms with van der Waals surface area (Å²) < 4.78 is 0.531. The maximum absolute atomic E-state index is 12.2. The number of carbonyl (C=O) groups is 2. The van der Waals surface area contributed by atoms with E-state index in [1.807, 2.05) is 0 Å². The van der Waals surface area contributed by atoms with Crippen LogP contribution in [0.5, 0.6) is 0 Å². The number of nitro groups is 1. The first kappa shape index (κ1) is 19.0. The largest absolute Gasteiger partial charge is 0.300 e. The van der Waals surface area contributed by atoms with Gasteiger partial charge in [0.15, 0.2) is 10.1 Å². The molecule has 0 unspecified atom stereocenters. The van der Waals surface area contributed by atoms with Crippen molar-refractivity contribution in [3.05, 3.63) is 39.9 Å². The van der Waals surface area contributed by atoms with Gasteiger partial charge in [-0.3, -0.25) is 19.7 Å². The molecule has 0 bridgehead atoms. The Kier molecular flexibility index (Phi) is 5.85. The molecule has 1 N–H and O–H groups in total. The predicted molar refractivity (Wildman–Crippen MR) is 96.1 cm³/mol. The van der Waals surface area contributed by atoms with Gasteiger partial charge in [0.2, 0.25) is 11.0 Å². The average Bonchev–Trinajstić information content (AvgIpc) is 2.99. The first-order valence-electron chi connectivity index (χ1n) is 7.22. The molecule has 2 rings (SSSR count). The number of nitrogens with one attached hydrogen (secondary N) is 1. The van der Waals surface area contributed by atoms with Crippen molar-refractivity contribution >= 4 is 45.6 Å². The molecule has 0 aliphatic carbocycles. The van der Waals surface area contributed by atoms with Crippen LogP contribution >= 0.6 is 23.1 Å². The number of hydrogen-bond acceptors (Lipinski definition) is 8. The molecule has 1 aromatic carbocycles. The minimum absolute atomic E-state index is 0.0724. The Morgan fingerprint density at radius 3 is 2.68 bits per heavy atom. The number of anilines is 1. The monoisotopic (exact) mass is 380 g/mol. The fraction of sp³-hybridized carbons (Fsp3) is 0.333. The first-order valence-corrected chi connectivity index (χ1v) is 9.02. The van der Waals surface area contributed by atoms with Crippen molar-refractivity contribution in [1.29, 1.82) is 0 Å². The van der Waals surface area contributed by atoms with Gasteiger partial charge in [0.25, 0.3) is 5.69 Å². The molecule has 8 nitrogen and oxygen atoms in total. The molecular formula is C15H16N4O4S2. The average molecular weight is 380 g/mol. The summed E-state index contributed by atoms with van der Waals surface area (Å²) in [5, 5.41) is 21.6. The predicted octanol–water partition coefficient (Wildman–Crippen LogP) is 3.41. The zero-order valence-electron chi connectivity index (χ0n) is 13.8. The van der Waals surface area contributed by atoms with Gasteiger partial charge in [0.1, 0.15) is 0 Å². The molecule has 0 aliphatic heterocycles. The number of nitro benzene ring substituents is 1. The van der Waals surface area contributed by atoms with E-state index in [9.17, 15) is 19.7 Å². The van der Waals surface area contributed by atoms with Crippen molar-refractivity contribution in [1.82, 2.24) is 10.2 Å². The Morgan fingerprint density at radius 1 is 1.32 bits per heavy atom. The van der Waals surface area contributed by atoms with Crippen LogP contribution in [0.4, 0.5) is 10.8 Å².